The average Bonchev–Trinajstić information content (AvgIpc) is 3.25. The fourth-order valence-corrected chi connectivity index (χ4v) is 4.39. The third-order valence-electron chi connectivity index (χ3n) is 5.20. The fraction of sp³-hybridized carbons (Fsp3) is 0.0833. The number of aromatic nitrogens is 4. The topological polar surface area (TPSA) is 60.2 Å². The monoisotopic (exact) mass is 428 g/mol. The Hall–Kier alpha value is -3.71. The minimum absolute atomic E-state index is 0.203. The minimum atomic E-state index is -0.323. The summed E-state index contributed by atoms with van der Waals surface area (Å²) in [6.07, 6.45) is 0. The molecule has 0 aliphatic rings. The second kappa shape index (κ2) is 7.85. The van der Waals surface area contributed by atoms with Crippen LogP contribution >= 0.6 is 11.3 Å². The normalized spacial score (nSPS) is 12.2. The Kier molecular flexibility index (Phi) is 4.88. The van der Waals surface area contributed by atoms with Gasteiger partial charge in [0.15, 0.2) is 5.69 Å². The van der Waals surface area contributed by atoms with E-state index in [1.54, 1.807) is 6.07 Å². The van der Waals surface area contributed by atoms with Crippen LogP contribution in [0.25, 0.3) is 27.3 Å². The largest absolute Gasteiger partial charge is 0.302 e. The highest BCUT2D eigenvalue weighted by molar-refractivity contribution is 7.16. The number of nitrogens with zero attached hydrogens (tertiary/aromatic N) is 4. The molecule has 0 saturated heterocycles. The molecule has 0 aliphatic heterocycles. The number of halogens is 1. The number of fused-ring (bicyclic) bond motifs is 1. The van der Waals surface area contributed by atoms with Crippen molar-refractivity contribution in [1.29, 1.82) is 0 Å². The number of benzene rings is 3. The minimum Gasteiger partial charge on any atom is -0.265 e. The molecule has 5 nitrogen and oxygen atoms in total. The summed E-state index contributed by atoms with van der Waals surface area (Å²) in [7, 11) is 0. The predicted octanol–water partition coefficient (Wildman–Crippen LogP) is 5.17. The van der Waals surface area contributed by atoms with Gasteiger partial charge in [0.25, 0.3) is 0 Å². The summed E-state index contributed by atoms with van der Waals surface area (Å²) in [6.45, 7) is 1.94. The van der Waals surface area contributed by atoms with Crippen molar-refractivity contribution in [3.8, 4) is 22.4 Å². The molecule has 152 valence electrons. The number of hydrogen-bond donors (Lipinski definition) is 0. The molecule has 31 heavy (non-hydrogen) atoms. The predicted molar refractivity (Wildman–Crippen MR) is 120 cm³/mol. The molecule has 7 heteroatoms. The van der Waals surface area contributed by atoms with E-state index in [1.165, 1.54) is 21.9 Å². The maximum atomic E-state index is 14.8. The summed E-state index contributed by atoms with van der Waals surface area (Å²) < 4.78 is 16.1. The maximum absolute atomic E-state index is 14.8. The third kappa shape index (κ3) is 3.53. The third-order valence-corrected chi connectivity index (χ3v) is 6.28. The molecule has 0 bridgehead atoms. The molecular weight excluding hydrogens is 411 g/mol. The first-order valence-corrected chi connectivity index (χ1v) is 10.6. The zero-order valence-corrected chi connectivity index (χ0v) is 17.4. The Balaban J connectivity index is 1.52. The quantitative estimate of drug-likeness (QED) is 0.396. The van der Waals surface area contributed by atoms with Crippen molar-refractivity contribution in [2.75, 3.05) is 0 Å². The second-order valence-corrected chi connectivity index (χ2v) is 8.17. The van der Waals surface area contributed by atoms with Gasteiger partial charge in [-0.2, -0.15) is 9.61 Å². The molecule has 0 unspecified atom stereocenters. The zero-order chi connectivity index (χ0) is 21.4. The van der Waals surface area contributed by atoms with E-state index in [9.17, 15) is 9.18 Å². The van der Waals surface area contributed by atoms with Crippen LogP contribution in [0.15, 0.2) is 83.7 Å². The zero-order valence-electron chi connectivity index (χ0n) is 16.6. The van der Waals surface area contributed by atoms with Crippen LogP contribution in [0.4, 0.5) is 4.39 Å². The van der Waals surface area contributed by atoms with Crippen molar-refractivity contribution in [3.05, 3.63) is 106 Å². The van der Waals surface area contributed by atoms with Crippen LogP contribution in [0.1, 0.15) is 23.4 Å². The van der Waals surface area contributed by atoms with Crippen molar-refractivity contribution >= 4 is 16.3 Å². The van der Waals surface area contributed by atoms with E-state index in [4.69, 9.17) is 0 Å². The van der Waals surface area contributed by atoms with Crippen molar-refractivity contribution < 1.29 is 4.39 Å². The summed E-state index contributed by atoms with van der Waals surface area (Å²) in [4.78, 5) is 13.3. The Morgan fingerprint density at radius 1 is 0.903 bits per heavy atom. The van der Waals surface area contributed by atoms with E-state index in [0.717, 1.165) is 11.1 Å². The molecule has 0 aliphatic carbocycles. The van der Waals surface area contributed by atoms with Gasteiger partial charge in [0.05, 0.1) is 0 Å². The first-order valence-electron chi connectivity index (χ1n) is 9.78. The van der Waals surface area contributed by atoms with Gasteiger partial charge in [-0.25, -0.2) is 4.39 Å². The van der Waals surface area contributed by atoms with Gasteiger partial charge in [-0.3, -0.25) is 4.79 Å². The Labute approximate surface area is 181 Å². The lowest BCUT2D eigenvalue weighted by Gasteiger charge is -2.10. The van der Waals surface area contributed by atoms with Crippen molar-refractivity contribution in [3.63, 3.8) is 0 Å². The molecule has 0 amide bonds. The van der Waals surface area contributed by atoms with Crippen LogP contribution in [-0.2, 0) is 0 Å². The van der Waals surface area contributed by atoms with Gasteiger partial charge in [-0.15, -0.1) is 10.2 Å². The Morgan fingerprint density at radius 2 is 1.58 bits per heavy atom. The van der Waals surface area contributed by atoms with Crippen LogP contribution in [-0.4, -0.2) is 19.8 Å². The molecular formula is C24H17FN4OS. The van der Waals surface area contributed by atoms with Gasteiger partial charge in [0.1, 0.15) is 10.8 Å². The molecule has 5 rings (SSSR count). The summed E-state index contributed by atoms with van der Waals surface area (Å²) in [5, 5.41) is 13.4. The summed E-state index contributed by atoms with van der Waals surface area (Å²) in [5.41, 5.74) is 2.78. The summed E-state index contributed by atoms with van der Waals surface area (Å²) >= 11 is 1.28. The SMILES string of the molecule is C[C@@H](c1ccc(-c2ccccc2)c(F)c1)c1nn2c(=O)c(-c3ccccc3)nnc2s1. The molecule has 0 saturated carbocycles. The highest BCUT2D eigenvalue weighted by Crippen LogP contribution is 2.31. The molecule has 2 heterocycles. The van der Waals surface area contributed by atoms with Crippen LogP contribution in [0.3, 0.4) is 0 Å². The van der Waals surface area contributed by atoms with Gasteiger partial charge in [0.2, 0.25) is 4.96 Å². The Morgan fingerprint density at radius 3 is 2.26 bits per heavy atom. The lowest BCUT2D eigenvalue weighted by atomic mass is 9.97. The van der Waals surface area contributed by atoms with Crippen molar-refractivity contribution in [2.24, 2.45) is 0 Å². The molecule has 0 spiro atoms. The maximum Gasteiger partial charge on any atom is 0.302 e. The number of rotatable bonds is 4. The van der Waals surface area contributed by atoms with E-state index in [-0.39, 0.29) is 23.0 Å². The van der Waals surface area contributed by atoms with Gasteiger partial charge in [-0.1, -0.05) is 91.1 Å². The number of hydrogen-bond acceptors (Lipinski definition) is 5. The first kappa shape index (κ1) is 19.3. The van der Waals surface area contributed by atoms with E-state index in [0.29, 0.717) is 21.1 Å². The molecule has 5 aromatic rings. The van der Waals surface area contributed by atoms with Crippen LogP contribution < -0.4 is 5.56 Å². The van der Waals surface area contributed by atoms with Crippen LogP contribution in [0.2, 0.25) is 0 Å². The molecule has 0 fully saturated rings. The fourth-order valence-electron chi connectivity index (χ4n) is 3.48. The van der Waals surface area contributed by atoms with E-state index >= 15 is 0 Å². The summed E-state index contributed by atoms with van der Waals surface area (Å²) in [5.74, 6) is -0.495. The lowest BCUT2D eigenvalue weighted by Crippen LogP contribution is -2.19. The molecule has 0 radical (unpaired) electrons. The first-order chi connectivity index (χ1) is 15.1. The van der Waals surface area contributed by atoms with Gasteiger partial charge in [0, 0.05) is 17.0 Å². The lowest BCUT2D eigenvalue weighted by molar-refractivity contribution is 0.627. The van der Waals surface area contributed by atoms with E-state index in [1.807, 2.05) is 73.7 Å². The van der Waals surface area contributed by atoms with Crippen LogP contribution in [0.5, 0.6) is 0 Å². The molecule has 0 N–H and O–H groups in total. The average molecular weight is 428 g/mol. The highest BCUT2D eigenvalue weighted by atomic mass is 32.1. The van der Waals surface area contributed by atoms with Crippen molar-refractivity contribution in [1.82, 2.24) is 19.8 Å². The standard InChI is InChI=1S/C24H17FN4OS/c1-15(18-12-13-19(20(25)14-18)16-8-4-2-5-9-16)22-28-29-23(30)21(26-27-24(29)31-22)17-10-6-3-7-11-17/h2-15H,1H3/t15-/m0/s1. The summed E-state index contributed by atoms with van der Waals surface area (Å²) in [6, 6.07) is 23.8. The molecule has 3 aromatic carbocycles. The van der Waals surface area contributed by atoms with Gasteiger partial charge >= 0.3 is 5.56 Å². The van der Waals surface area contributed by atoms with Gasteiger partial charge < -0.3 is 0 Å². The smallest absolute Gasteiger partial charge is 0.265 e. The van der Waals surface area contributed by atoms with Crippen molar-refractivity contribution in [2.45, 2.75) is 12.8 Å². The van der Waals surface area contributed by atoms with Crippen LogP contribution in [0, 0.1) is 5.82 Å². The van der Waals surface area contributed by atoms with Gasteiger partial charge in [-0.05, 0) is 17.2 Å². The second-order valence-electron chi connectivity index (χ2n) is 7.18. The highest BCUT2D eigenvalue weighted by Gasteiger charge is 2.19. The Bertz CT molecular complexity index is 1430. The van der Waals surface area contributed by atoms with E-state index < -0.39 is 0 Å². The molecule has 2 aromatic heterocycles. The van der Waals surface area contributed by atoms with E-state index in [2.05, 4.69) is 15.3 Å². The molecule has 1 atom stereocenters.